The number of amides is 1. The van der Waals surface area contributed by atoms with Crippen LogP contribution in [0.15, 0.2) is 54.6 Å². The Morgan fingerprint density at radius 2 is 1.90 bits per heavy atom. The van der Waals surface area contributed by atoms with Gasteiger partial charge in [-0.3, -0.25) is 14.7 Å². The minimum absolute atomic E-state index is 0.0981. The fourth-order valence-corrected chi connectivity index (χ4v) is 4.67. The Kier molecular flexibility index (Phi) is 5.85. The van der Waals surface area contributed by atoms with E-state index in [0.717, 1.165) is 49.4 Å². The first-order chi connectivity index (χ1) is 15.2. The number of anilines is 1. The summed E-state index contributed by atoms with van der Waals surface area (Å²) in [6.45, 7) is 3.90. The van der Waals surface area contributed by atoms with Crippen LogP contribution < -0.4 is 10.1 Å². The number of pyridine rings is 1. The van der Waals surface area contributed by atoms with Gasteiger partial charge in [-0.15, -0.1) is 0 Å². The van der Waals surface area contributed by atoms with E-state index in [1.54, 1.807) is 0 Å². The number of carbonyl (C=O) groups is 1. The molecule has 2 aliphatic heterocycles. The van der Waals surface area contributed by atoms with Crippen molar-refractivity contribution in [2.75, 3.05) is 31.6 Å². The van der Waals surface area contributed by atoms with Crippen molar-refractivity contribution in [3.05, 3.63) is 65.9 Å². The van der Waals surface area contributed by atoms with Gasteiger partial charge in [-0.25, -0.2) is 0 Å². The molecule has 1 N–H and O–H groups in total. The lowest BCUT2D eigenvalue weighted by atomic mass is 9.92. The Hall–Kier alpha value is -2.92. The molecule has 1 amide bonds. The van der Waals surface area contributed by atoms with E-state index in [0.29, 0.717) is 18.9 Å². The second-order valence-corrected chi connectivity index (χ2v) is 8.70. The van der Waals surface area contributed by atoms with Gasteiger partial charge in [0.25, 0.3) is 0 Å². The monoisotopic (exact) mass is 415 g/mol. The lowest BCUT2D eigenvalue weighted by Gasteiger charge is -2.31. The molecule has 5 rings (SSSR count). The molecule has 160 valence electrons. The first-order valence-corrected chi connectivity index (χ1v) is 11.4. The summed E-state index contributed by atoms with van der Waals surface area (Å²) in [5, 5.41) is 4.13. The second kappa shape index (κ2) is 9.06. The third kappa shape index (κ3) is 4.88. The topological polar surface area (TPSA) is 54.5 Å². The normalized spacial score (nSPS) is 17.4. The standard InChI is InChI=1S/C26H29N3O2/c30-26-10-6-21-18-23(8-9-25(21)28-26)31-16-15-29-13-11-19(12-14-29)17-22-7-5-20-3-1-2-4-24(20)27-22/h1-5,7-9,18-19H,6,10-17H2,(H,28,30). The Morgan fingerprint density at radius 1 is 1.03 bits per heavy atom. The van der Waals surface area contributed by atoms with Crippen LogP contribution in [0.1, 0.15) is 30.5 Å². The number of piperidine rings is 1. The highest BCUT2D eigenvalue weighted by atomic mass is 16.5. The number of fused-ring (bicyclic) bond motifs is 2. The summed E-state index contributed by atoms with van der Waals surface area (Å²) < 4.78 is 6.00. The average molecular weight is 416 g/mol. The molecule has 31 heavy (non-hydrogen) atoms. The number of para-hydroxylation sites is 1. The lowest BCUT2D eigenvalue weighted by Crippen LogP contribution is -2.37. The van der Waals surface area contributed by atoms with E-state index in [-0.39, 0.29) is 5.91 Å². The molecule has 0 bridgehead atoms. The number of hydrogen-bond donors (Lipinski definition) is 1. The number of aromatic nitrogens is 1. The van der Waals surface area contributed by atoms with E-state index in [1.807, 2.05) is 12.1 Å². The van der Waals surface area contributed by atoms with E-state index >= 15 is 0 Å². The Bertz CT molecular complexity index is 1070. The summed E-state index contributed by atoms with van der Waals surface area (Å²) in [4.78, 5) is 18.8. The zero-order chi connectivity index (χ0) is 21.0. The van der Waals surface area contributed by atoms with Gasteiger partial charge in [0.05, 0.1) is 5.52 Å². The largest absolute Gasteiger partial charge is 0.492 e. The quantitative estimate of drug-likeness (QED) is 0.646. The van der Waals surface area contributed by atoms with Crippen molar-refractivity contribution in [3.8, 4) is 5.75 Å². The number of likely N-dealkylation sites (tertiary alicyclic amines) is 1. The van der Waals surface area contributed by atoms with Crippen molar-refractivity contribution in [1.29, 1.82) is 0 Å². The molecule has 5 nitrogen and oxygen atoms in total. The number of carbonyl (C=O) groups excluding carboxylic acids is 1. The zero-order valence-corrected chi connectivity index (χ0v) is 17.8. The van der Waals surface area contributed by atoms with Gasteiger partial charge in [-0.2, -0.15) is 0 Å². The molecule has 0 atom stereocenters. The number of nitrogens with one attached hydrogen (secondary N) is 1. The van der Waals surface area contributed by atoms with E-state index in [4.69, 9.17) is 9.72 Å². The van der Waals surface area contributed by atoms with Crippen LogP contribution in [0.25, 0.3) is 10.9 Å². The maximum atomic E-state index is 11.5. The number of nitrogens with zero attached hydrogens (tertiary/aromatic N) is 2. The maximum absolute atomic E-state index is 11.5. The number of benzene rings is 2. The third-order valence-electron chi connectivity index (χ3n) is 6.51. The van der Waals surface area contributed by atoms with Gasteiger partial charge < -0.3 is 10.1 Å². The molecule has 0 unspecified atom stereocenters. The van der Waals surface area contributed by atoms with Gasteiger partial charge in [-0.05, 0) is 80.6 Å². The maximum Gasteiger partial charge on any atom is 0.224 e. The van der Waals surface area contributed by atoms with Gasteiger partial charge in [0.15, 0.2) is 0 Å². The van der Waals surface area contributed by atoms with Gasteiger partial charge >= 0.3 is 0 Å². The SMILES string of the molecule is O=C1CCc2cc(OCCN3CCC(Cc4ccc5ccccc5n4)CC3)ccc2N1. The summed E-state index contributed by atoms with van der Waals surface area (Å²) in [5.41, 5.74) is 4.40. The molecule has 0 aliphatic carbocycles. The highest BCUT2D eigenvalue weighted by Crippen LogP contribution is 2.27. The molecule has 1 fully saturated rings. The molecule has 0 spiro atoms. The second-order valence-electron chi connectivity index (χ2n) is 8.70. The van der Waals surface area contributed by atoms with Gasteiger partial charge in [0, 0.05) is 29.7 Å². The number of ether oxygens (including phenoxy) is 1. The fraction of sp³-hybridized carbons (Fsp3) is 0.385. The molecule has 0 radical (unpaired) electrons. The minimum Gasteiger partial charge on any atom is -0.492 e. The minimum atomic E-state index is 0.0981. The van der Waals surface area contributed by atoms with Gasteiger partial charge in [0.2, 0.25) is 5.91 Å². The molecule has 0 saturated carbocycles. The molecule has 5 heteroatoms. The van der Waals surface area contributed by atoms with Crippen molar-refractivity contribution >= 4 is 22.5 Å². The summed E-state index contributed by atoms with van der Waals surface area (Å²) in [5.74, 6) is 1.70. The molecule has 3 aromatic rings. The first-order valence-electron chi connectivity index (χ1n) is 11.4. The molecule has 3 heterocycles. The summed E-state index contributed by atoms with van der Waals surface area (Å²) >= 11 is 0. The van der Waals surface area contributed by atoms with Crippen molar-refractivity contribution < 1.29 is 9.53 Å². The number of rotatable bonds is 6. The highest BCUT2D eigenvalue weighted by molar-refractivity contribution is 5.94. The molecular formula is C26H29N3O2. The zero-order valence-electron chi connectivity index (χ0n) is 17.8. The summed E-state index contributed by atoms with van der Waals surface area (Å²) in [6.07, 6.45) is 4.85. The fourth-order valence-electron chi connectivity index (χ4n) is 4.67. The molecular weight excluding hydrogens is 386 g/mol. The Balaban J connectivity index is 1.07. The molecule has 2 aromatic carbocycles. The Morgan fingerprint density at radius 3 is 2.81 bits per heavy atom. The van der Waals surface area contributed by atoms with Crippen molar-refractivity contribution in [2.24, 2.45) is 5.92 Å². The van der Waals surface area contributed by atoms with Crippen LogP contribution in [0, 0.1) is 5.92 Å². The van der Waals surface area contributed by atoms with Crippen LogP contribution in [0.4, 0.5) is 5.69 Å². The van der Waals surface area contributed by atoms with Crippen LogP contribution in [0.2, 0.25) is 0 Å². The molecule has 2 aliphatic rings. The van der Waals surface area contributed by atoms with E-state index < -0.39 is 0 Å². The van der Waals surface area contributed by atoms with Crippen LogP contribution in [0.5, 0.6) is 5.75 Å². The molecule has 1 saturated heterocycles. The van der Waals surface area contributed by atoms with Gasteiger partial charge in [-0.1, -0.05) is 24.3 Å². The van der Waals surface area contributed by atoms with Crippen molar-refractivity contribution in [1.82, 2.24) is 9.88 Å². The van der Waals surface area contributed by atoms with E-state index in [9.17, 15) is 4.79 Å². The summed E-state index contributed by atoms with van der Waals surface area (Å²) in [6, 6.07) is 18.7. The van der Waals surface area contributed by atoms with Crippen LogP contribution >= 0.6 is 0 Å². The van der Waals surface area contributed by atoms with Crippen LogP contribution in [-0.4, -0.2) is 42.0 Å². The summed E-state index contributed by atoms with van der Waals surface area (Å²) in [7, 11) is 0. The first kappa shape index (κ1) is 20.0. The predicted molar refractivity (Wildman–Crippen MR) is 123 cm³/mol. The van der Waals surface area contributed by atoms with E-state index in [2.05, 4.69) is 52.7 Å². The van der Waals surface area contributed by atoms with Crippen LogP contribution in [0.3, 0.4) is 0 Å². The smallest absolute Gasteiger partial charge is 0.224 e. The molecule has 1 aromatic heterocycles. The van der Waals surface area contributed by atoms with Crippen LogP contribution in [-0.2, 0) is 17.6 Å². The van der Waals surface area contributed by atoms with Gasteiger partial charge in [0.1, 0.15) is 12.4 Å². The average Bonchev–Trinajstić information content (AvgIpc) is 2.80. The predicted octanol–water partition coefficient (Wildman–Crippen LogP) is 4.45. The lowest BCUT2D eigenvalue weighted by molar-refractivity contribution is -0.116. The Labute approximate surface area is 183 Å². The van der Waals surface area contributed by atoms with Crippen molar-refractivity contribution in [2.45, 2.75) is 32.1 Å². The van der Waals surface area contributed by atoms with E-state index in [1.165, 1.54) is 29.5 Å². The number of aryl methyl sites for hydroxylation is 1. The highest BCUT2D eigenvalue weighted by Gasteiger charge is 2.20. The third-order valence-corrected chi connectivity index (χ3v) is 6.51. The van der Waals surface area contributed by atoms with Crippen molar-refractivity contribution in [3.63, 3.8) is 0 Å². The number of hydrogen-bond acceptors (Lipinski definition) is 4.